The minimum absolute atomic E-state index is 0.185. The SMILES string of the molecule is Clc1cnc(Oc2cccc(Oc3ncc(Cl)cn3)c2)nc1. The first kappa shape index (κ1) is 14.5. The maximum atomic E-state index is 5.72. The second-order valence-electron chi connectivity index (χ2n) is 4.05. The number of hydrogen-bond acceptors (Lipinski definition) is 6. The second kappa shape index (κ2) is 6.55. The van der Waals surface area contributed by atoms with E-state index in [4.69, 9.17) is 32.7 Å². The molecule has 8 heteroatoms. The van der Waals surface area contributed by atoms with Crippen LogP contribution in [0.4, 0.5) is 0 Å². The van der Waals surface area contributed by atoms with Gasteiger partial charge in [0.2, 0.25) is 0 Å². The van der Waals surface area contributed by atoms with E-state index in [1.165, 1.54) is 24.8 Å². The summed E-state index contributed by atoms with van der Waals surface area (Å²) in [4.78, 5) is 15.8. The van der Waals surface area contributed by atoms with Gasteiger partial charge in [0.25, 0.3) is 0 Å². The van der Waals surface area contributed by atoms with Crippen LogP contribution in [-0.2, 0) is 0 Å². The van der Waals surface area contributed by atoms with Gasteiger partial charge in [-0.2, -0.15) is 0 Å². The predicted octanol–water partition coefficient (Wildman–Crippen LogP) is 4.16. The number of ether oxygens (including phenoxy) is 2. The Morgan fingerprint density at radius 1 is 0.682 bits per heavy atom. The maximum absolute atomic E-state index is 5.72. The van der Waals surface area contributed by atoms with Gasteiger partial charge in [-0.3, -0.25) is 0 Å². The molecular formula is C14H8Cl2N4O2. The molecule has 0 saturated heterocycles. The van der Waals surface area contributed by atoms with Crippen LogP contribution in [0.15, 0.2) is 49.1 Å². The van der Waals surface area contributed by atoms with Gasteiger partial charge in [0, 0.05) is 6.07 Å². The molecule has 22 heavy (non-hydrogen) atoms. The van der Waals surface area contributed by atoms with Gasteiger partial charge in [-0.25, -0.2) is 19.9 Å². The van der Waals surface area contributed by atoms with Gasteiger partial charge in [-0.1, -0.05) is 29.3 Å². The molecule has 6 nitrogen and oxygen atoms in total. The normalized spacial score (nSPS) is 10.3. The smallest absolute Gasteiger partial charge is 0.321 e. The molecule has 0 fully saturated rings. The van der Waals surface area contributed by atoms with E-state index in [9.17, 15) is 0 Å². The van der Waals surface area contributed by atoms with Crippen molar-refractivity contribution < 1.29 is 9.47 Å². The van der Waals surface area contributed by atoms with E-state index in [0.29, 0.717) is 21.5 Å². The summed E-state index contributed by atoms with van der Waals surface area (Å²) in [5.74, 6) is 1.02. The lowest BCUT2D eigenvalue weighted by Gasteiger charge is -2.06. The van der Waals surface area contributed by atoms with Crippen molar-refractivity contribution in [3.05, 3.63) is 59.1 Å². The topological polar surface area (TPSA) is 70.0 Å². The molecule has 0 aliphatic carbocycles. The van der Waals surface area contributed by atoms with Gasteiger partial charge in [-0.05, 0) is 12.1 Å². The molecule has 110 valence electrons. The standard InChI is InChI=1S/C14H8Cl2N4O2/c15-9-5-17-13(18-6-9)21-11-2-1-3-12(4-11)22-14-19-7-10(16)8-20-14/h1-8H. The van der Waals surface area contributed by atoms with Crippen LogP contribution in [-0.4, -0.2) is 19.9 Å². The summed E-state index contributed by atoms with van der Waals surface area (Å²) in [6.45, 7) is 0. The molecule has 2 aromatic heterocycles. The highest BCUT2D eigenvalue weighted by atomic mass is 35.5. The van der Waals surface area contributed by atoms with E-state index in [-0.39, 0.29) is 12.0 Å². The Labute approximate surface area is 135 Å². The largest absolute Gasteiger partial charge is 0.424 e. The fourth-order valence-corrected chi connectivity index (χ4v) is 1.71. The Hall–Kier alpha value is -2.44. The van der Waals surface area contributed by atoms with Gasteiger partial charge < -0.3 is 9.47 Å². The summed E-state index contributed by atoms with van der Waals surface area (Å²) in [6.07, 6.45) is 5.80. The number of aromatic nitrogens is 4. The zero-order chi connectivity index (χ0) is 15.4. The van der Waals surface area contributed by atoms with Crippen molar-refractivity contribution >= 4 is 23.2 Å². The molecule has 0 aliphatic rings. The summed E-state index contributed by atoms with van der Waals surface area (Å²) in [7, 11) is 0. The summed E-state index contributed by atoms with van der Waals surface area (Å²) in [5, 5.41) is 0.869. The Morgan fingerprint density at radius 2 is 1.09 bits per heavy atom. The van der Waals surface area contributed by atoms with Crippen LogP contribution in [0.5, 0.6) is 23.5 Å². The maximum Gasteiger partial charge on any atom is 0.321 e. The van der Waals surface area contributed by atoms with Crippen molar-refractivity contribution in [3.63, 3.8) is 0 Å². The number of rotatable bonds is 4. The zero-order valence-corrected chi connectivity index (χ0v) is 12.5. The molecule has 1 aromatic carbocycles. The third kappa shape index (κ3) is 3.81. The first-order chi connectivity index (χ1) is 10.7. The second-order valence-corrected chi connectivity index (χ2v) is 4.92. The lowest BCUT2D eigenvalue weighted by Crippen LogP contribution is -1.93. The van der Waals surface area contributed by atoms with E-state index >= 15 is 0 Å². The molecule has 0 spiro atoms. The number of hydrogen-bond donors (Lipinski definition) is 0. The van der Waals surface area contributed by atoms with Crippen LogP contribution >= 0.6 is 23.2 Å². The third-order valence-corrected chi connectivity index (χ3v) is 2.81. The Kier molecular flexibility index (Phi) is 4.32. The van der Waals surface area contributed by atoms with Gasteiger partial charge in [0.05, 0.1) is 34.8 Å². The molecular weight excluding hydrogens is 327 g/mol. The van der Waals surface area contributed by atoms with Crippen molar-refractivity contribution in [2.45, 2.75) is 0 Å². The van der Waals surface area contributed by atoms with Crippen molar-refractivity contribution in [1.29, 1.82) is 0 Å². The average molecular weight is 335 g/mol. The van der Waals surface area contributed by atoms with Crippen LogP contribution in [0.1, 0.15) is 0 Å². The van der Waals surface area contributed by atoms with Crippen LogP contribution in [0.2, 0.25) is 10.0 Å². The molecule has 3 rings (SSSR count). The van der Waals surface area contributed by atoms with Crippen molar-refractivity contribution in [2.75, 3.05) is 0 Å². The van der Waals surface area contributed by atoms with E-state index in [2.05, 4.69) is 19.9 Å². The minimum Gasteiger partial charge on any atom is -0.424 e. The number of benzene rings is 1. The van der Waals surface area contributed by atoms with Crippen molar-refractivity contribution in [3.8, 4) is 23.5 Å². The van der Waals surface area contributed by atoms with Crippen LogP contribution in [0.25, 0.3) is 0 Å². The molecule has 0 saturated carbocycles. The third-order valence-electron chi connectivity index (χ3n) is 2.42. The zero-order valence-electron chi connectivity index (χ0n) is 11.0. The first-order valence-electron chi connectivity index (χ1n) is 6.10. The molecule has 0 atom stereocenters. The van der Waals surface area contributed by atoms with Crippen molar-refractivity contribution in [2.24, 2.45) is 0 Å². The van der Waals surface area contributed by atoms with E-state index < -0.39 is 0 Å². The minimum atomic E-state index is 0.185. The molecule has 0 unspecified atom stereocenters. The quantitative estimate of drug-likeness (QED) is 0.713. The van der Waals surface area contributed by atoms with Gasteiger partial charge >= 0.3 is 12.0 Å². The fourth-order valence-electron chi connectivity index (χ4n) is 1.52. The van der Waals surface area contributed by atoms with Crippen LogP contribution in [0.3, 0.4) is 0 Å². The first-order valence-corrected chi connectivity index (χ1v) is 6.85. The van der Waals surface area contributed by atoms with Gasteiger partial charge in [-0.15, -0.1) is 0 Å². The predicted molar refractivity (Wildman–Crippen MR) is 80.7 cm³/mol. The molecule has 0 radical (unpaired) electrons. The monoisotopic (exact) mass is 334 g/mol. The summed E-state index contributed by atoms with van der Waals surface area (Å²) in [6, 6.07) is 7.28. The molecule has 0 amide bonds. The lowest BCUT2D eigenvalue weighted by molar-refractivity contribution is 0.422. The Balaban J connectivity index is 1.74. The highest BCUT2D eigenvalue weighted by molar-refractivity contribution is 6.30. The molecule has 0 aliphatic heterocycles. The van der Waals surface area contributed by atoms with Crippen LogP contribution in [0, 0.1) is 0 Å². The molecule has 2 heterocycles. The van der Waals surface area contributed by atoms with Gasteiger partial charge in [0.15, 0.2) is 0 Å². The van der Waals surface area contributed by atoms with E-state index in [0.717, 1.165) is 0 Å². The summed E-state index contributed by atoms with van der Waals surface area (Å²) < 4.78 is 11.0. The average Bonchev–Trinajstić information content (AvgIpc) is 2.52. The van der Waals surface area contributed by atoms with E-state index in [1.807, 2.05) is 0 Å². The number of halogens is 2. The van der Waals surface area contributed by atoms with Crippen LogP contribution < -0.4 is 9.47 Å². The Bertz CT molecular complexity index is 704. The fraction of sp³-hybridized carbons (Fsp3) is 0. The molecule has 0 N–H and O–H groups in total. The number of nitrogens with zero attached hydrogens (tertiary/aromatic N) is 4. The van der Waals surface area contributed by atoms with Crippen molar-refractivity contribution in [1.82, 2.24) is 19.9 Å². The Morgan fingerprint density at radius 3 is 1.50 bits per heavy atom. The highest BCUT2D eigenvalue weighted by Crippen LogP contribution is 2.25. The molecule has 0 bridgehead atoms. The van der Waals surface area contributed by atoms with E-state index in [1.54, 1.807) is 24.3 Å². The summed E-state index contributed by atoms with van der Waals surface area (Å²) in [5.41, 5.74) is 0. The highest BCUT2D eigenvalue weighted by Gasteiger charge is 2.04. The summed E-state index contributed by atoms with van der Waals surface area (Å²) >= 11 is 11.4. The lowest BCUT2D eigenvalue weighted by atomic mass is 10.3. The molecule has 3 aromatic rings. The van der Waals surface area contributed by atoms with Gasteiger partial charge in [0.1, 0.15) is 11.5 Å².